The van der Waals surface area contributed by atoms with Crippen LogP contribution in [0, 0.1) is 0 Å². The highest BCUT2D eigenvalue weighted by Gasteiger charge is 2.11. The van der Waals surface area contributed by atoms with Crippen LogP contribution in [0.4, 0.5) is 0 Å². The summed E-state index contributed by atoms with van der Waals surface area (Å²) in [6, 6.07) is 11.1. The van der Waals surface area contributed by atoms with Crippen LogP contribution < -0.4 is 4.74 Å². The number of hydrogen-bond donors (Lipinski definition) is 0. The smallest absolute Gasteiger partial charge is 0.192 e. The van der Waals surface area contributed by atoms with Crippen LogP contribution in [0.25, 0.3) is 0 Å². The van der Waals surface area contributed by atoms with Crippen molar-refractivity contribution in [3.8, 4) is 5.75 Å². The molecule has 2 rings (SSSR count). The Kier molecular flexibility index (Phi) is 4.50. The first-order valence-electron chi connectivity index (χ1n) is 5.57. The third-order valence-corrected chi connectivity index (χ3v) is 3.31. The van der Waals surface area contributed by atoms with Gasteiger partial charge in [-0.15, -0.1) is 11.3 Å². The second-order valence-corrected chi connectivity index (χ2v) is 4.73. The third-order valence-electron chi connectivity index (χ3n) is 2.46. The van der Waals surface area contributed by atoms with Crippen LogP contribution >= 0.6 is 11.3 Å². The Labute approximate surface area is 110 Å². The lowest BCUT2D eigenvalue weighted by Crippen LogP contribution is -2.10. The van der Waals surface area contributed by atoms with Gasteiger partial charge in [-0.25, -0.2) is 0 Å². The lowest BCUT2D eigenvalue weighted by atomic mass is 10.1. The summed E-state index contributed by atoms with van der Waals surface area (Å²) >= 11 is 1.62. The Morgan fingerprint density at radius 1 is 1.22 bits per heavy atom. The molecule has 1 aromatic carbocycles. The maximum Gasteiger partial charge on any atom is 0.192 e. The normalized spacial score (nSPS) is 10.3. The van der Waals surface area contributed by atoms with Crippen molar-refractivity contribution in [2.24, 2.45) is 0 Å². The minimum Gasteiger partial charge on any atom is -0.496 e. The van der Waals surface area contributed by atoms with Crippen LogP contribution in [-0.4, -0.2) is 19.5 Å². The first kappa shape index (κ1) is 12.8. The molecule has 0 N–H and O–H groups in total. The molecule has 0 atom stereocenters. The van der Waals surface area contributed by atoms with E-state index in [9.17, 15) is 4.79 Å². The first-order valence-corrected chi connectivity index (χ1v) is 6.45. The van der Waals surface area contributed by atoms with E-state index >= 15 is 0 Å². The Balaban J connectivity index is 1.91. The molecule has 0 saturated heterocycles. The Hall–Kier alpha value is -1.65. The zero-order valence-electron chi connectivity index (χ0n) is 10.1. The predicted octanol–water partition coefficient (Wildman–Crippen LogP) is 3.16. The third kappa shape index (κ3) is 3.18. The van der Waals surface area contributed by atoms with Gasteiger partial charge in [0.05, 0.1) is 19.3 Å². The molecule has 0 saturated carbocycles. The van der Waals surface area contributed by atoms with Gasteiger partial charge in [0, 0.05) is 4.88 Å². The van der Waals surface area contributed by atoms with Crippen LogP contribution in [0.5, 0.6) is 5.75 Å². The molecule has 0 amide bonds. The number of rotatable bonds is 6. The highest BCUT2D eigenvalue weighted by Crippen LogP contribution is 2.18. The van der Waals surface area contributed by atoms with E-state index in [4.69, 9.17) is 9.47 Å². The van der Waals surface area contributed by atoms with Crippen molar-refractivity contribution >= 4 is 17.1 Å². The van der Waals surface area contributed by atoms with Crippen molar-refractivity contribution in [1.29, 1.82) is 0 Å². The second-order valence-electron chi connectivity index (χ2n) is 3.70. The lowest BCUT2D eigenvalue weighted by molar-refractivity contribution is 0.0728. The van der Waals surface area contributed by atoms with Gasteiger partial charge in [0.2, 0.25) is 0 Å². The fourth-order valence-corrected chi connectivity index (χ4v) is 2.23. The molecule has 0 fully saturated rings. The number of ether oxygens (including phenoxy) is 2. The van der Waals surface area contributed by atoms with Gasteiger partial charge in [0.1, 0.15) is 12.4 Å². The van der Waals surface area contributed by atoms with E-state index in [1.165, 1.54) is 0 Å². The largest absolute Gasteiger partial charge is 0.496 e. The molecule has 0 aliphatic rings. The SMILES string of the molecule is COc1ccccc1C(=O)COCc1cccs1. The second kappa shape index (κ2) is 6.33. The Morgan fingerprint density at radius 3 is 2.78 bits per heavy atom. The predicted molar refractivity (Wildman–Crippen MR) is 71.3 cm³/mol. The average Bonchev–Trinajstić information content (AvgIpc) is 2.91. The molecule has 2 aromatic rings. The molecular weight excluding hydrogens is 248 g/mol. The van der Waals surface area contributed by atoms with Crippen LogP contribution in [-0.2, 0) is 11.3 Å². The van der Waals surface area contributed by atoms with E-state index < -0.39 is 0 Å². The summed E-state index contributed by atoms with van der Waals surface area (Å²) in [5.41, 5.74) is 0.561. The van der Waals surface area contributed by atoms with Crippen molar-refractivity contribution in [2.45, 2.75) is 6.61 Å². The lowest BCUT2D eigenvalue weighted by Gasteiger charge is -2.07. The summed E-state index contributed by atoms with van der Waals surface area (Å²) in [6.07, 6.45) is 0. The molecule has 94 valence electrons. The van der Waals surface area contributed by atoms with Gasteiger partial charge in [0.25, 0.3) is 0 Å². The number of carbonyl (C=O) groups excluding carboxylic acids is 1. The Bertz CT molecular complexity index is 506. The van der Waals surface area contributed by atoms with Crippen LogP contribution in [0.15, 0.2) is 41.8 Å². The molecule has 0 bridgehead atoms. The molecule has 0 unspecified atom stereocenters. The van der Waals surface area contributed by atoms with Gasteiger partial charge < -0.3 is 9.47 Å². The zero-order valence-corrected chi connectivity index (χ0v) is 10.9. The molecule has 3 nitrogen and oxygen atoms in total. The number of benzene rings is 1. The van der Waals surface area contributed by atoms with Crippen LogP contribution in [0.1, 0.15) is 15.2 Å². The maximum absolute atomic E-state index is 12.0. The van der Waals surface area contributed by atoms with Gasteiger partial charge >= 0.3 is 0 Å². The summed E-state index contributed by atoms with van der Waals surface area (Å²) in [4.78, 5) is 13.1. The molecular formula is C14H14O3S. The van der Waals surface area contributed by atoms with Gasteiger partial charge in [-0.1, -0.05) is 18.2 Å². The topological polar surface area (TPSA) is 35.5 Å². The summed E-state index contributed by atoms with van der Waals surface area (Å²) in [5, 5.41) is 1.99. The molecule has 4 heteroatoms. The van der Waals surface area contributed by atoms with Crippen LogP contribution in [0.3, 0.4) is 0 Å². The zero-order chi connectivity index (χ0) is 12.8. The highest BCUT2D eigenvalue weighted by molar-refractivity contribution is 7.09. The summed E-state index contributed by atoms with van der Waals surface area (Å²) in [7, 11) is 1.55. The fraction of sp³-hybridized carbons (Fsp3) is 0.214. The van der Waals surface area contributed by atoms with E-state index in [-0.39, 0.29) is 12.4 Å². The van der Waals surface area contributed by atoms with Crippen LogP contribution in [0.2, 0.25) is 0 Å². The fourth-order valence-electron chi connectivity index (χ4n) is 1.59. The highest BCUT2D eigenvalue weighted by atomic mass is 32.1. The van der Waals surface area contributed by atoms with Gasteiger partial charge in [-0.05, 0) is 23.6 Å². The molecule has 18 heavy (non-hydrogen) atoms. The standard InChI is InChI=1S/C14H14O3S/c1-16-14-7-3-2-6-12(14)13(15)10-17-9-11-5-4-8-18-11/h2-8H,9-10H2,1H3. The van der Waals surface area contributed by atoms with E-state index in [2.05, 4.69) is 0 Å². The number of thiophene rings is 1. The van der Waals surface area contributed by atoms with Gasteiger partial charge in [-0.3, -0.25) is 4.79 Å². The minimum absolute atomic E-state index is 0.0657. The molecule has 0 aliphatic carbocycles. The number of carbonyl (C=O) groups is 1. The molecule has 0 radical (unpaired) electrons. The number of Topliss-reactive ketones (excluding diaryl/α,β-unsaturated/α-hetero) is 1. The summed E-state index contributed by atoms with van der Waals surface area (Å²) in [5.74, 6) is 0.520. The van der Waals surface area contributed by atoms with Crippen molar-refractivity contribution in [3.05, 3.63) is 52.2 Å². The van der Waals surface area contributed by atoms with Gasteiger partial charge in [-0.2, -0.15) is 0 Å². The number of ketones is 1. The van der Waals surface area contributed by atoms with Crippen molar-refractivity contribution in [3.63, 3.8) is 0 Å². The first-order chi connectivity index (χ1) is 8.81. The van der Waals surface area contributed by atoms with Crippen molar-refractivity contribution in [2.75, 3.05) is 13.7 Å². The number of methoxy groups -OCH3 is 1. The molecule has 1 aromatic heterocycles. The maximum atomic E-state index is 12.0. The monoisotopic (exact) mass is 262 g/mol. The Morgan fingerprint density at radius 2 is 2.06 bits per heavy atom. The van der Waals surface area contributed by atoms with Crippen molar-refractivity contribution < 1.29 is 14.3 Å². The number of hydrogen-bond acceptors (Lipinski definition) is 4. The van der Waals surface area contributed by atoms with E-state index in [0.717, 1.165) is 4.88 Å². The van der Waals surface area contributed by atoms with E-state index in [1.807, 2.05) is 29.6 Å². The van der Waals surface area contributed by atoms with Gasteiger partial charge in [0.15, 0.2) is 5.78 Å². The quantitative estimate of drug-likeness (QED) is 0.750. The van der Waals surface area contributed by atoms with Crippen molar-refractivity contribution in [1.82, 2.24) is 0 Å². The molecule has 0 spiro atoms. The molecule has 1 heterocycles. The summed E-state index contributed by atoms with van der Waals surface area (Å²) in [6.45, 7) is 0.539. The molecule has 0 aliphatic heterocycles. The number of para-hydroxylation sites is 1. The average molecular weight is 262 g/mol. The minimum atomic E-state index is -0.0657. The summed E-state index contributed by atoms with van der Waals surface area (Å²) < 4.78 is 10.5. The van der Waals surface area contributed by atoms with E-state index in [1.54, 1.807) is 30.6 Å². The van der Waals surface area contributed by atoms with E-state index in [0.29, 0.717) is 17.9 Å².